The minimum atomic E-state index is -0.00720. The Bertz CT molecular complexity index is 432. The molecule has 0 aliphatic rings. The number of hydrogen-bond donors (Lipinski definition) is 4. The van der Waals surface area contributed by atoms with E-state index < -0.39 is 0 Å². The van der Waals surface area contributed by atoms with Crippen LogP contribution < -0.4 is 16.4 Å². The van der Waals surface area contributed by atoms with Gasteiger partial charge in [0.05, 0.1) is 0 Å². The highest BCUT2D eigenvalue weighted by Gasteiger charge is 2.05. The van der Waals surface area contributed by atoms with Crippen LogP contribution in [-0.2, 0) is 11.3 Å². The first-order chi connectivity index (χ1) is 8.69. The summed E-state index contributed by atoms with van der Waals surface area (Å²) >= 11 is 0. The number of amides is 1. The SMILES string of the molecule is CNC(=O)CCNCc1ccccc1C(N)=NO. The van der Waals surface area contributed by atoms with Gasteiger partial charge in [-0.15, -0.1) is 0 Å². The van der Waals surface area contributed by atoms with Gasteiger partial charge in [-0.1, -0.05) is 29.4 Å². The molecule has 1 amide bonds. The van der Waals surface area contributed by atoms with Crippen molar-refractivity contribution in [1.29, 1.82) is 0 Å². The molecule has 0 atom stereocenters. The number of benzene rings is 1. The third kappa shape index (κ3) is 4.06. The Hall–Kier alpha value is -2.08. The molecule has 0 saturated heterocycles. The Kier molecular flexibility index (Phi) is 5.66. The number of nitrogens with zero attached hydrogens (tertiary/aromatic N) is 1. The maximum Gasteiger partial charge on any atom is 0.221 e. The van der Waals surface area contributed by atoms with E-state index in [-0.39, 0.29) is 11.7 Å². The molecule has 0 unspecified atom stereocenters. The van der Waals surface area contributed by atoms with Crippen LogP contribution in [0.2, 0.25) is 0 Å². The van der Waals surface area contributed by atoms with Gasteiger partial charge in [0, 0.05) is 32.1 Å². The van der Waals surface area contributed by atoms with E-state index in [9.17, 15) is 4.79 Å². The Balaban J connectivity index is 2.54. The molecule has 18 heavy (non-hydrogen) atoms. The largest absolute Gasteiger partial charge is 0.409 e. The first-order valence-corrected chi connectivity index (χ1v) is 5.66. The average Bonchev–Trinajstić information content (AvgIpc) is 2.42. The number of hydrogen-bond acceptors (Lipinski definition) is 4. The van der Waals surface area contributed by atoms with Gasteiger partial charge in [0.2, 0.25) is 5.91 Å². The minimum Gasteiger partial charge on any atom is -0.409 e. The van der Waals surface area contributed by atoms with Gasteiger partial charge < -0.3 is 21.6 Å². The van der Waals surface area contributed by atoms with Gasteiger partial charge in [-0.3, -0.25) is 4.79 Å². The summed E-state index contributed by atoms with van der Waals surface area (Å²) in [6.45, 7) is 1.13. The van der Waals surface area contributed by atoms with Gasteiger partial charge in [0.15, 0.2) is 5.84 Å². The monoisotopic (exact) mass is 250 g/mol. The summed E-state index contributed by atoms with van der Waals surface area (Å²) in [5, 5.41) is 17.4. The number of oxime groups is 1. The zero-order valence-corrected chi connectivity index (χ0v) is 10.3. The summed E-state index contributed by atoms with van der Waals surface area (Å²) in [7, 11) is 1.61. The van der Waals surface area contributed by atoms with E-state index in [4.69, 9.17) is 10.9 Å². The Morgan fingerprint density at radius 3 is 2.83 bits per heavy atom. The molecule has 1 aromatic carbocycles. The lowest BCUT2D eigenvalue weighted by Gasteiger charge is -2.09. The first kappa shape index (κ1) is 14.0. The maximum absolute atomic E-state index is 11.0. The normalized spacial score (nSPS) is 11.3. The molecule has 0 heterocycles. The molecule has 98 valence electrons. The molecule has 1 aromatic rings. The molecular formula is C12H18N4O2. The van der Waals surface area contributed by atoms with Crippen molar-refractivity contribution in [3.63, 3.8) is 0 Å². The maximum atomic E-state index is 11.0. The van der Waals surface area contributed by atoms with Gasteiger partial charge in [0.1, 0.15) is 0 Å². The predicted molar refractivity (Wildman–Crippen MR) is 69.3 cm³/mol. The lowest BCUT2D eigenvalue weighted by molar-refractivity contribution is -0.120. The molecule has 0 saturated carbocycles. The molecule has 6 nitrogen and oxygen atoms in total. The number of nitrogens with one attached hydrogen (secondary N) is 2. The summed E-state index contributed by atoms with van der Waals surface area (Å²) in [6.07, 6.45) is 0.419. The van der Waals surface area contributed by atoms with Crippen LogP contribution in [0.25, 0.3) is 0 Å². The van der Waals surface area contributed by atoms with Crippen molar-refractivity contribution in [2.75, 3.05) is 13.6 Å². The minimum absolute atomic E-state index is 0.00720. The van der Waals surface area contributed by atoms with E-state index in [1.165, 1.54) is 0 Å². The molecule has 0 aromatic heterocycles. The number of amidine groups is 1. The van der Waals surface area contributed by atoms with Gasteiger partial charge >= 0.3 is 0 Å². The highest BCUT2D eigenvalue weighted by molar-refractivity contribution is 5.98. The molecule has 1 rings (SSSR count). The summed E-state index contributed by atoms with van der Waals surface area (Å²) in [4.78, 5) is 11.0. The number of carbonyl (C=O) groups is 1. The van der Waals surface area contributed by atoms with Gasteiger partial charge in [0.25, 0.3) is 0 Å². The predicted octanol–water partition coefficient (Wildman–Crippen LogP) is 0.00680. The van der Waals surface area contributed by atoms with Crippen molar-refractivity contribution >= 4 is 11.7 Å². The van der Waals surface area contributed by atoms with Crippen molar-refractivity contribution in [1.82, 2.24) is 10.6 Å². The fourth-order valence-corrected chi connectivity index (χ4v) is 1.53. The average molecular weight is 250 g/mol. The van der Waals surface area contributed by atoms with Gasteiger partial charge in [-0.25, -0.2) is 0 Å². The Morgan fingerprint density at radius 1 is 1.44 bits per heavy atom. The molecular weight excluding hydrogens is 232 g/mol. The van der Waals surface area contributed by atoms with E-state index in [0.717, 1.165) is 5.56 Å². The molecule has 5 N–H and O–H groups in total. The first-order valence-electron chi connectivity index (χ1n) is 5.66. The van der Waals surface area contributed by atoms with Crippen LogP contribution in [0.1, 0.15) is 17.5 Å². The highest BCUT2D eigenvalue weighted by Crippen LogP contribution is 2.07. The van der Waals surface area contributed by atoms with E-state index in [1.54, 1.807) is 13.1 Å². The van der Waals surface area contributed by atoms with Crippen LogP contribution in [0.15, 0.2) is 29.4 Å². The standard InChI is InChI=1S/C12H18N4O2/c1-14-11(17)6-7-15-8-9-4-2-3-5-10(9)12(13)16-18/h2-5,15,18H,6-8H2,1H3,(H2,13,16)(H,14,17). The van der Waals surface area contributed by atoms with E-state index in [1.807, 2.05) is 18.2 Å². The number of rotatable bonds is 6. The van der Waals surface area contributed by atoms with Crippen LogP contribution in [0.5, 0.6) is 0 Å². The van der Waals surface area contributed by atoms with E-state index in [2.05, 4.69) is 15.8 Å². The molecule has 0 fully saturated rings. The third-order valence-electron chi connectivity index (χ3n) is 2.52. The summed E-state index contributed by atoms with van der Waals surface area (Å²) < 4.78 is 0. The number of carbonyl (C=O) groups excluding carboxylic acids is 1. The molecule has 0 aliphatic carbocycles. The van der Waals surface area contributed by atoms with Crippen LogP contribution in [0.3, 0.4) is 0 Å². The van der Waals surface area contributed by atoms with Crippen LogP contribution >= 0.6 is 0 Å². The second kappa shape index (κ2) is 7.29. The molecule has 0 spiro atoms. The van der Waals surface area contributed by atoms with Crippen LogP contribution in [0.4, 0.5) is 0 Å². The van der Waals surface area contributed by atoms with Crippen molar-refractivity contribution in [3.8, 4) is 0 Å². The summed E-state index contributed by atoms with van der Waals surface area (Å²) in [6, 6.07) is 7.37. The number of nitrogens with two attached hydrogens (primary N) is 1. The zero-order chi connectivity index (χ0) is 13.4. The van der Waals surface area contributed by atoms with Crippen molar-refractivity contribution in [3.05, 3.63) is 35.4 Å². The summed E-state index contributed by atoms with van der Waals surface area (Å²) in [5.41, 5.74) is 7.19. The van der Waals surface area contributed by atoms with Gasteiger partial charge in [-0.2, -0.15) is 0 Å². The van der Waals surface area contributed by atoms with Gasteiger partial charge in [-0.05, 0) is 5.56 Å². The van der Waals surface area contributed by atoms with Crippen molar-refractivity contribution in [2.24, 2.45) is 10.9 Å². The highest BCUT2D eigenvalue weighted by atomic mass is 16.4. The van der Waals surface area contributed by atoms with E-state index in [0.29, 0.717) is 25.1 Å². The molecule has 6 heteroatoms. The van der Waals surface area contributed by atoms with Crippen LogP contribution in [-0.4, -0.2) is 30.5 Å². The Morgan fingerprint density at radius 2 is 2.17 bits per heavy atom. The lowest BCUT2D eigenvalue weighted by atomic mass is 10.1. The summed E-state index contributed by atoms with van der Waals surface area (Å²) in [5.74, 6) is 0.0749. The van der Waals surface area contributed by atoms with Crippen LogP contribution in [0, 0.1) is 0 Å². The molecule has 0 aliphatic heterocycles. The zero-order valence-electron chi connectivity index (χ0n) is 10.3. The fraction of sp³-hybridized carbons (Fsp3) is 0.333. The Labute approximate surface area is 106 Å². The van der Waals surface area contributed by atoms with Crippen molar-refractivity contribution in [2.45, 2.75) is 13.0 Å². The quantitative estimate of drug-likeness (QED) is 0.188. The second-order valence-electron chi connectivity index (χ2n) is 3.74. The lowest BCUT2D eigenvalue weighted by Crippen LogP contribution is -2.25. The van der Waals surface area contributed by atoms with E-state index >= 15 is 0 Å². The smallest absolute Gasteiger partial charge is 0.221 e. The van der Waals surface area contributed by atoms with Crippen molar-refractivity contribution < 1.29 is 10.0 Å². The molecule has 0 bridgehead atoms. The second-order valence-corrected chi connectivity index (χ2v) is 3.74. The topological polar surface area (TPSA) is 99.7 Å². The molecule has 0 radical (unpaired) electrons. The fourth-order valence-electron chi connectivity index (χ4n) is 1.53. The third-order valence-corrected chi connectivity index (χ3v) is 2.52.